The number of ether oxygens (including phenoxy) is 1. The van der Waals surface area contributed by atoms with Gasteiger partial charge in [0.05, 0.1) is 12.3 Å². The van der Waals surface area contributed by atoms with E-state index in [1.807, 2.05) is 26.0 Å². The Morgan fingerprint density at radius 3 is 2.60 bits per heavy atom. The van der Waals surface area contributed by atoms with Crippen molar-refractivity contribution in [3.05, 3.63) is 24.8 Å². The monoisotopic (exact) mass is 208 g/mol. The van der Waals surface area contributed by atoms with Crippen LogP contribution in [0.5, 0.6) is 0 Å². The van der Waals surface area contributed by atoms with Gasteiger partial charge in [0.2, 0.25) is 0 Å². The van der Waals surface area contributed by atoms with Crippen LogP contribution in [-0.2, 0) is 14.3 Å². The number of carbonyl (C=O) groups is 2. The van der Waals surface area contributed by atoms with E-state index in [-0.39, 0.29) is 24.2 Å². The van der Waals surface area contributed by atoms with E-state index in [4.69, 9.17) is 0 Å². The van der Waals surface area contributed by atoms with Crippen LogP contribution < -0.4 is 0 Å². The largest absolute Gasteiger partial charge is 0.393 e. The minimum absolute atomic E-state index is 0.00597. The maximum Gasteiger partial charge on any atom is 0.317 e. The fourth-order valence-electron chi connectivity index (χ4n) is 1.84. The molecular formula is C12H16O3. The fourth-order valence-corrected chi connectivity index (χ4v) is 1.84. The second-order valence-electron chi connectivity index (χ2n) is 3.80. The van der Waals surface area contributed by atoms with Crippen molar-refractivity contribution in [1.82, 2.24) is 0 Å². The van der Waals surface area contributed by atoms with Gasteiger partial charge in [0.15, 0.2) is 0 Å². The maximum absolute atomic E-state index is 11.4. The Bertz CT molecular complexity index is 304. The van der Waals surface area contributed by atoms with Crippen LogP contribution in [0.1, 0.15) is 20.3 Å². The molecule has 1 aliphatic rings. The molecule has 0 N–H and O–H groups in total. The minimum atomic E-state index is -0.421. The molecule has 0 aromatic heterocycles. The zero-order chi connectivity index (χ0) is 11.4. The van der Waals surface area contributed by atoms with Crippen LogP contribution in [0.4, 0.5) is 0 Å². The smallest absolute Gasteiger partial charge is 0.317 e. The fraction of sp³-hybridized carbons (Fsp3) is 0.500. The summed E-state index contributed by atoms with van der Waals surface area (Å²) in [4.78, 5) is 22.4. The van der Waals surface area contributed by atoms with Gasteiger partial charge in [-0.1, -0.05) is 25.2 Å². The zero-order valence-electron chi connectivity index (χ0n) is 9.10. The van der Waals surface area contributed by atoms with Crippen molar-refractivity contribution in [3.63, 3.8) is 0 Å². The van der Waals surface area contributed by atoms with Gasteiger partial charge in [-0.3, -0.25) is 9.59 Å². The molecule has 0 amide bonds. The Kier molecular flexibility index (Phi) is 3.83. The molecule has 0 aromatic rings. The normalized spacial score (nSPS) is 25.3. The van der Waals surface area contributed by atoms with Gasteiger partial charge in [-0.15, -0.1) is 6.58 Å². The molecule has 1 fully saturated rings. The van der Waals surface area contributed by atoms with Gasteiger partial charge < -0.3 is 4.74 Å². The van der Waals surface area contributed by atoms with Crippen LogP contribution >= 0.6 is 0 Å². The summed E-state index contributed by atoms with van der Waals surface area (Å²) in [6, 6.07) is 0. The van der Waals surface area contributed by atoms with Crippen LogP contribution in [-0.4, -0.2) is 11.9 Å². The lowest BCUT2D eigenvalue weighted by Gasteiger charge is -2.20. The van der Waals surface area contributed by atoms with Crippen molar-refractivity contribution >= 4 is 11.9 Å². The minimum Gasteiger partial charge on any atom is -0.393 e. The topological polar surface area (TPSA) is 43.4 Å². The first-order chi connectivity index (χ1) is 7.10. The molecule has 82 valence electrons. The highest BCUT2D eigenvalue weighted by molar-refractivity contribution is 5.94. The molecule has 0 saturated carbocycles. The summed E-state index contributed by atoms with van der Waals surface area (Å²) in [5.41, 5.74) is 0. The van der Waals surface area contributed by atoms with E-state index in [0.29, 0.717) is 0 Å². The van der Waals surface area contributed by atoms with E-state index >= 15 is 0 Å². The Morgan fingerprint density at radius 2 is 2.20 bits per heavy atom. The summed E-state index contributed by atoms with van der Waals surface area (Å²) in [6.45, 7) is 7.58. The Labute approximate surface area is 89.8 Å². The summed E-state index contributed by atoms with van der Waals surface area (Å²) >= 11 is 0. The Balaban J connectivity index is 2.84. The molecule has 1 heterocycles. The number of esters is 2. The molecule has 3 atom stereocenters. The van der Waals surface area contributed by atoms with Gasteiger partial charge in [-0.25, -0.2) is 0 Å². The van der Waals surface area contributed by atoms with Crippen LogP contribution in [0, 0.1) is 17.8 Å². The molecule has 0 spiro atoms. The lowest BCUT2D eigenvalue weighted by molar-refractivity contribution is -0.153. The van der Waals surface area contributed by atoms with Crippen LogP contribution in [0.15, 0.2) is 24.8 Å². The molecule has 3 unspecified atom stereocenters. The second kappa shape index (κ2) is 4.91. The number of rotatable bonds is 4. The first kappa shape index (κ1) is 11.7. The van der Waals surface area contributed by atoms with Gasteiger partial charge in [0.1, 0.15) is 0 Å². The van der Waals surface area contributed by atoms with Gasteiger partial charge in [0, 0.05) is 0 Å². The number of carbonyl (C=O) groups excluding carboxylic acids is 2. The average Bonchev–Trinajstić information content (AvgIpc) is 2.53. The zero-order valence-corrected chi connectivity index (χ0v) is 9.10. The van der Waals surface area contributed by atoms with Crippen LogP contribution in [0.2, 0.25) is 0 Å². The van der Waals surface area contributed by atoms with Gasteiger partial charge in [-0.05, 0) is 18.8 Å². The van der Waals surface area contributed by atoms with Crippen molar-refractivity contribution < 1.29 is 14.3 Å². The molecule has 3 heteroatoms. The van der Waals surface area contributed by atoms with Gasteiger partial charge in [0.25, 0.3) is 0 Å². The van der Waals surface area contributed by atoms with Crippen molar-refractivity contribution in [1.29, 1.82) is 0 Å². The lowest BCUT2D eigenvalue weighted by Crippen LogP contribution is -2.22. The first-order valence-electron chi connectivity index (χ1n) is 5.10. The van der Waals surface area contributed by atoms with E-state index in [9.17, 15) is 9.59 Å². The average molecular weight is 208 g/mol. The quantitative estimate of drug-likeness (QED) is 0.403. The van der Waals surface area contributed by atoms with E-state index in [0.717, 1.165) is 0 Å². The van der Waals surface area contributed by atoms with Crippen LogP contribution in [0.25, 0.3) is 0 Å². The predicted molar refractivity (Wildman–Crippen MR) is 56.9 cm³/mol. The summed E-state index contributed by atoms with van der Waals surface area (Å²) in [7, 11) is 0. The molecule has 1 saturated heterocycles. The highest BCUT2D eigenvalue weighted by atomic mass is 16.6. The molecule has 0 aliphatic carbocycles. The third-order valence-corrected chi connectivity index (χ3v) is 2.76. The van der Waals surface area contributed by atoms with Gasteiger partial charge in [-0.2, -0.15) is 0 Å². The van der Waals surface area contributed by atoms with E-state index < -0.39 is 11.9 Å². The van der Waals surface area contributed by atoms with Crippen LogP contribution in [0.3, 0.4) is 0 Å². The van der Waals surface area contributed by atoms with E-state index in [2.05, 4.69) is 11.3 Å². The standard InChI is InChI=1S/C12H16O3/c1-4-6-9(8(3)5-2)10-7-11(13)15-12(10)14/h4-6,8-10H,2,7H2,1,3H3. The molecule has 0 radical (unpaired) electrons. The maximum atomic E-state index is 11.4. The van der Waals surface area contributed by atoms with E-state index in [1.165, 1.54) is 0 Å². The summed E-state index contributed by atoms with van der Waals surface area (Å²) in [5, 5.41) is 0. The van der Waals surface area contributed by atoms with Crippen molar-refractivity contribution in [2.45, 2.75) is 20.3 Å². The molecule has 0 aromatic carbocycles. The molecular weight excluding hydrogens is 192 g/mol. The lowest BCUT2D eigenvalue weighted by atomic mass is 9.81. The Hall–Kier alpha value is -1.38. The Morgan fingerprint density at radius 1 is 1.53 bits per heavy atom. The number of hydrogen-bond acceptors (Lipinski definition) is 3. The van der Waals surface area contributed by atoms with Crippen molar-refractivity contribution in [2.75, 3.05) is 0 Å². The van der Waals surface area contributed by atoms with E-state index in [1.54, 1.807) is 6.08 Å². The molecule has 0 bridgehead atoms. The molecule has 1 rings (SSSR count). The molecule has 1 aliphatic heterocycles. The molecule has 3 nitrogen and oxygen atoms in total. The molecule has 15 heavy (non-hydrogen) atoms. The predicted octanol–water partition coefficient (Wildman–Crippen LogP) is 2.09. The number of hydrogen-bond donors (Lipinski definition) is 0. The summed E-state index contributed by atoms with van der Waals surface area (Å²) in [6.07, 6.45) is 5.81. The number of allylic oxidation sites excluding steroid dienone is 3. The number of cyclic esters (lactones) is 2. The highest BCUT2D eigenvalue weighted by Gasteiger charge is 2.39. The highest BCUT2D eigenvalue weighted by Crippen LogP contribution is 2.31. The summed E-state index contributed by atoms with van der Waals surface area (Å²) in [5.74, 6) is -1.01. The van der Waals surface area contributed by atoms with Crippen molar-refractivity contribution in [2.24, 2.45) is 17.8 Å². The third-order valence-electron chi connectivity index (χ3n) is 2.76. The second-order valence-corrected chi connectivity index (χ2v) is 3.80. The SMILES string of the molecule is C=CC(C)C(C=CC)C1CC(=O)OC1=O. The first-order valence-corrected chi connectivity index (χ1v) is 5.10. The van der Waals surface area contributed by atoms with Gasteiger partial charge >= 0.3 is 11.9 Å². The summed E-state index contributed by atoms with van der Waals surface area (Å²) < 4.78 is 4.55. The van der Waals surface area contributed by atoms with Crippen molar-refractivity contribution in [3.8, 4) is 0 Å². The third kappa shape index (κ3) is 2.55.